The highest BCUT2D eigenvalue weighted by Crippen LogP contribution is 2.27. The number of thioether (sulfide) groups is 1. The molecule has 2 aromatic rings. The maximum atomic E-state index is 13.2. The second kappa shape index (κ2) is 9.91. The Morgan fingerprint density at radius 1 is 1.06 bits per heavy atom. The molecule has 0 saturated heterocycles. The highest BCUT2D eigenvalue weighted by Gasteiger charge is 2.43. The van der Waals surface area contributed by atoms with Gasteiger partial charge in [0.05, 0.1) is 11.1 Å². The standard InChI is InChI=1S/C22H22F2N2O4S/c1-25(13-14-7-9-15(10-8-14)30-22(23)24)21(29)18(11-12-31-2)26-19(27)16-5-3-4-6-17(16)20(26)28/h3-10,18,22H,11-13H2,1-2H3. The van der Waals surface area contributed by atoms with Gasteiger partial charge in [-0.2, -0.15) is 20.5 Å². The fraction of sp³-hybridized carbons (Fsp3) is 0.318. The quantitative estimate of drug-likeness (QED) is 0.548. The van der Waals surface area contributed by atoms with Gasteiger partial charge in [0.25, 0.3) is 11.8 Å². The topological polar surface area (TPSA) is 66.9 Å². The molecule has 3 rings (SSSR count). The predicted octanol–water partition coefficient (Wildman–Crippen LogP) is 3.66. The van der Waals surface area contributed by atoms with Crippen molar-refractivity contribution in [2.45, 2.75) is 25.6 Å². The lowest BCUT2D eigenvalue weighted by atomic mass is 10.1. The van der Waals surface area contributed by atoms with E-state index in [1.165, 1.54) is 28.8 Å². The number of fused-ring (bicyclic) bond motifs is 1. The summed E-state index contributed by atoms with van der Waals surface area (Å²) in [5.74, 6) is -0.686. The Kier molecular flexibility index (Phi) is 7.27. The number of amides is 3. The number of halogens is 2. The summed E-state index contributed by atoms with van der Waals surface area (Å²) in [6, 6.07) is 11.6. The summed E-state index contributed by atoms with van der Waals surface area (Å²) in [5.41, 5.74) is 1.29. The maximum absolute atomic E-state index is 13.2. The molecule has 0 saturated carbocycles. The molecule has 1 heterocycles. The lowest BCUT2D eigenvalue weighted by Gasteiger charge is -2.29. The fourth-order valence-corrected chi connectivity index (χ4v) is 3.92. The summed E-state index contributed by atoms with van der Waals surface area (Å²) in [7, 11) is 1.58. The minimum atomic E-state index is -2.91. The Bertz CT molecular complexity index is 933. The van der Waals surface area contributed by atoms with Gasteiger partial charge in [-0.25, -0.2) is 0 Å². The molecule has 0 spiro atoms. The zero-order valence-electron chi connectivity index (χ0n) is 17.1. The normalized spacial score (nSPS) is 14.0. The molecule has 164 valence electrons. The number of carbonyl (C=O) groups excluding carboxylic acids is 3. The van der Waals surface area contributed by atoms with E-state index in [-0.39, 0.29) is 18.2 Å². The van der Waals surface area contributed by atoms with Crippen LogP contribution in [0.15, 0.2) is 48.5 Å². The van der Waals surface area contributed by atoms with E-state index in [9.17, 15) is 23.2 Å². The molecule has 9 heteroatoms. The third-order valence-electron chi connectivity index (χ3n) is 4.96. The molecule has 1 aliphatic heterocycles. The second-order valence-electron chi connectivity index (χ2n) is 7.04. The monoisotopic (exact) mass is 448 g/mol. The molecule has 1 unspecified atom stereocenters. The SMILES string of the molecule is CSCCC(C(=O)N(C)Cc1ccc(OC(F)F)cc1)N1C(=O)c2ccccc2C1=O. The molecule has 0 radical (unpaired) electrons. The predicted molar refractivity (Wildman–Crippen MR) is 113 cm³/mol. The number of hydrogen-bond donors (Lipinski definition) is 0. The number of imide groups is 1. The van der Waals surface area contributed by atoms with Gasteiger partial charge in [-0.1, -0.05) is 24.3 Å². The lowest BCUT2D eigenvalue weighted by Crippen LogP contribution is -2.50. The van der Waals surface area contributed by atoms with Crippen molar-refractivity contribution < 1.29 is 27.9 Å². The molecule has 6 nitrogen and oxygen atoms in total. The number of likely N-dealkylation sites (N-methyl/N-ethyl adjacent to an activating group) is 1. The van der Waals surface area contributed by atoms with Crippen molar-refractivity contribution in [1.29, 1.82) is 0 Å². The van der Waals surface area contributed by atoms with Gasteiger partial charge in [0.1, 0.15) is 11.8 Å². The summed E-state index contributed by atoms with van der Waals surface area (Å²) in [5, 5.41) is 0. The van der Waals surface area contributed by atoms with Crippen molar-refractivity contribution in [1.82, 2.24) is 9.80 Å². The van der Waals surface area contributed by atoms with Crippen LogP contribution < -0.4 is 4.74 Å². The molecule has 0 aliphatic carbocycles. The summed E-state index contributed by atoms with van der Waals surface area (Å²) < 4.78 is 28.9. The van der Waals surface area contributed by atoms with Crippen LogP contribution in [0, 0.1) is 0 Å². The Balaban J connectivity index is 1.77. The first-order chi connectivity index (χ1) is 14.8. The second-order valence-corrected chi connectivity index (χ2v) is 8.03. The van der Waals surface area contributed by atoms with E-state index < -0.39 is 24.5 Å². The number of carbonyl (C=O) groups is 3. The van der Waals surface area contributed by atoms with Crippen molar-refractivity contribution in [2.24, 2.45) is 0 Å². The van der Waals surface area contributed by atoms with Crippen molar-refractivity contribution in [3.05, 3.63) is 65.2 Å². The van der Waals surface area contributed by atoms with Crippen molar-refractivity contribution in [2.75, 3.05) is 19.1 Å². The van der Waals surface area contributed by atoms with Crippen LogP contribution in [0.2, 0.25) is 0 Å². The number of nitrogens with zero attached hydrogens (tertiary/aromatic N) is 2. The van der Waals surface area contributed by atoms with E-state index in [0.29, 0.717) is 28.9 Å². The molecule has 1 atom stereocenters. The Morgan fingerprint density at radius 3 is 2.16 bits per heavy atom. The fourth-order valence-electron chi connectivity index (χ4n) is 3.47. The molecular weight excluding hydrogens is 426 g/mol. The van der Waals surface area contributed by atoms with Crippen LogP contribution in [-0.4, -0.2) is 59.2 Å². The lowest BCUT2D eigenvalue weighted by molar-refractivity contribution is -0.134. The van der Waals surface area contributed by atoms with E-state index in [2.05, 4.69) is 4.74 Å². The molecule has 0 aromatic heterocycles. The van der Waals surface area contributed by atoms with Crippen LogP contribution >= 0.6 is 11.8 Å². The largest absolute Gasteiger partial charge is 0.435 e. The first kappa shape index (κ1) is 22.7. The molecule has 2 aromatic carbocycles. The zero-order valence-corrected chi connectivity index (χ0v) is 17.9. The van der Waals surface area contributed by atoms with Gasteiger partial charge in [0.15, 0.2) is 0 Å². The van der Waals surface area contributed by atoms with Gasteiger partial charge in [-0.15, -0.1) is 0 Å². The molecule has 0 N–H and O–H groups in total. The van der Waals surface area contributed by atoms with Gasteiger partial charge in [-0.3, -0.25) is 19.3 Å². The minimum absolute atomic E-state index is 0.0246. The number of benzene rings is 2. The number of hydrogen-bond acceptors (Lipinski definition) is 5. The summed E-state index contributed by atoms with van der Waals surface area (Å²) >= 11 is 1.52. The summed E-state index contributed by atoms with van der Waals surface area (Å²) in [6.07, 6.45) is 2.22. The molecule has 1 aliphatic rings. The number of alkyl halides is 2. The average Bonchev–Trinajstić information content (AvgIpc) is 3.00. The van der Waals surface area contributed by atoms with E-state index in [1.807, 2.05) is 6.26 Å². The molecule has 0 fully saturated rings. The average molecular weight is 448 g/mol. The van der Waals surface area contributed by atoms with Crippen LogP contribution in [0.3, 0.4) is 0 Å². The van der Waals surface area contributed by atoms with Crippen LogP contribution in [0.5, 0.6) is 5.75 Å². The van der Waals surface area contributed by atoms with Crippen LogP contribution in [0.25, 0.3) is 0 Å². The van der Waals surface area contributed by atoms with E-state index >= 15 is 0 Å². The summed E-state index contributed by atoms with van der Waals surface area (Å²) in [6.45, 7) is -2.72. The highest BCUT2D eigenvalue weighted by atomic mass is 32.2. The van der Waals surface area contributed by atoms with Crippen LogP contribution in [0.4, 0.5) is 8.78 Å². The van der Waals surface area contributed by atoms with Gasteiger partial charge < -0.3 is 9.64 Å². The number of ether oxygens (including phenoxy) is 1. The smallest absolute Gasteiger partial charge is 0.387 e. The van der Waals surface area contributed by atoms with Gasteiger partial charge in [0, 0.05) is 13.6 Å². The van der Waals surface area contributed by atoms with Crippen LogP contribution in [0.1, 0.15) is 32.7 Å². The third-order valence-corrected chi connectivity index (χ3v) is 5.61. The molecule has 0 bridgehead atoms. The van der Waals surface area contributed by atoms with Gasteiger partial charge in [-0.05, 0) is 48.3 Å². The first-order valence-electron chi connectivity index (χ1n) is 9.58. The van der Waals surface area contributed by atoms with Crippen LogP contribution in [-0.2, 0) is 11.3 Å². The Morgan fingerprint density at radius 2 is 1.65 bits per heavy atom. The Hall–Kier alpha value is -2.94. The number of rotatable bonds is 9. The third kappa shape index (κ3) is 5.04. The zero-order chi connectivity index (χ0) is 22.5. The molecular formula is C22H22F2N2O4S. The molecule has 3 amide bonds. The minimum Gasteiger partial charge on any atom is -0.435 e. The van der Waals surface area contributed by atoms with Crippen molar-refractivity contribution in [3.8, 4) is 5.75 Å². The van der Waals surface area contributed by atoms with Crippen molar-refractivity contribution >= 4 is 29.5 Å². The molecule has 31 heavy (non-hydrogen) atoms. The maximum Gasteiger partial charge on any atom is 0.387 e. The van der Waals surface area contributed by atoms with Crippen molar-refractivity contribution in [3.63, 3.8) is 0 Å². The van der Waals surface area contributed by atoms with E-state index in [1.54, 1.807) is 43.4 Å². The Labute approximate surface area is 183 Å². The van der Waals surface area contributed by atoms with Gasteiger partial charge >= 0.3 is 6.61 Å². The highest BCUT2D eigenvalue weighted by molar-refractivity contribution is 7.98. The van der Waals surface area contributed by atoms with Gasteiger partial charge in [0.2, 0.25) is 5.91 Å². The van der Waals surface area contributed by atoms with E-state index in [0.717, 1.165) is 4.90 Å². The summed E-state index contributed by atoms with van der Waals surface area (Å²) in [4.78, 5) is 41.5. The first-order valence-corrected chi connectivity index (χ1v) is 11.0. The van der Waals surface area contributed by atoms with E-state index in [4.69, 9.17) is 0 Å².